The SMILES string of the molecule is ClCC=Cc1ccc(CBr)cc1. The molecule has 0 saturated carbocycles. The third kappa shape index (κ3) is 3.00. The lowest BCUT2D eigenvalue weighted by molar-refractivity contribution is 1.43. The molecule has 0 radical (unpaired) electrons. The van der Waals surface area contributed by atoms with E-state index < -0.39 is 0 Å². The summed E-state index contributed by atoms with van der Waals surface area (Å²) in [6, 6.07) is 8.37. The second kappa shape index (κ2) is 5.39. The summed E-state index contributed by atoms with van der Waals surface area (Å²) in [5.41, 5.74) is 2.48. The molecule has 1 rings (SSSR count). The number of hydrogen-bond donors (Lipinski definition) is 0. The maximum Gasteiger partial charge on any atom is 0.0407 e. The Morgan fingerprint density at radius 3 is 2.42 bits per heavy atom. The van der Waals surface area contributed by atoms with E-state index >= 15 is 0 Å². The van der Waals surface area contributed by atoms with Crippen molar-refractivity contribution in [1.82, 2.24) is 0 Å². The van der Waals surface area contributed by atoms with Gasteiger partial charge in [0.05, 0.1) is 0 Å². The molecule has 0 amide bonds. The highest BCUT2D eigenvalue weighted by atomic mass is 79.9. The van der Waals surface area contributed by atoms with E-state index in [0.717, 1.165) is 5.33 Å². The van der Waals surface area contributed by atoms with Gasteiger partial charge in [0.15, 0.2) is 0 Å². The lowest BCUT2D eigenvalue weighted by Gasteiger charge is -1.95. The Morgan fingerprint density at radius 2 is 1.92 bits per heavy atom. The lowest BCUT2D eigenvalue weighted by Crippen LogP contribution is -1.77. The van der Waals surface area contributed by atoms with E-state index in [0.29, 0.717) is 5.88 Å². The molecule has 0 bridgehead atoms. The molecule has 0 unspecified atom stereocenters. The minimum absolute atomic E-state index is 0.570. The number of alkyl halides is 2. The van der Waals surface area contributed by atoms with Crippen LogP contribution in [-0.2, 0) is 5.33 Å². The highest BCUT2D eigenvalue weighted by Gasteiger charge is 1.88. The van der Waals surface area contributed by atoms with Crippen LogP contribution in [0, 0.1) is 0 Å². The van der Waals surface area contributed by atoms with Gasteiger partial charge in [-0.2, -0.15) is 0 Å². The van der Waals surface area contributed by atoms with E-state index in [9.17, 15) is 0 Å². The van der Waals surface area contributed by atoms with Gasteiger partial charge >= 0.3 is 0 Å². The van der Waals surface area contributed by atoms with Crippen molar-refractivity contribution in [3.05, 3.63) is 41.5 Å². The van der Waals surface area contributed by atoms with Crippen molar-refractivity contribution in [3.8, 4) is 0 Å². The number of allylic oxidation sites excluding steroid dienone is 1. The van der Waals surface area contributed by atoms with Crippen LogP contribution in [0.15, 0.2) is 30.3 Å². The standard InChI is InChI=1S/C10H10BrCl/c11-8-10-5-3-9(4-6-10)2-1-7-12/h1-6H,7-8H2. The summed E-state index contributed by atoms with van der Waals surface area (Å²) in [4.78, 5) is 0. The van der Waals surface area contributed by atoms with Gasteiger partial charge in [-0.25, -0.2) is 0 Å². The Balaban J connectivity index is 2.71. The molecule has 1 aromatic carbocycles. The summed E-state index contributed by atoms with van der Waals surface area (Å²) in [5.74, 6) is 0.570. The monoisotopic (exact) mass is 244 g/mol. The molecule has 0 atom stereocenters. The molecule has 0 nitrogen and oxygen atoms in total. The van der Waals surface area contributed by atoms with E-state index in [4.69, 9.17) is 11.6 Å². The molecular formula is C10H10BrCl. The van der Waals surface area contributed by atoms with Crippen LogP contribution in [0.2, 0.25) is 0 Å². The topological polar surface area (TPSA) is 0 Å². The first kappa shape index (κ1) is 9.82. The molecule has 0 saturated heterocycles. The first-order valence-electron chi connectivity index (χ1n) is 3.74. The van der Waals surface area contributed by atoms with Gasteiger partial charge in [-0.15, -0.1) is 11.6 Å². The van der Waals surface area contributed by atoms with Crippen LogP contribution in [0.3, 0.4) is 0 Å². The van der Waals surface area contributed by atoms with Crippen molar-refractivity contribution >= 4 is 33.6 Å². The first-order chi connectivity index (χ1) is 5.86. The predicted molar refractivity (Wildman–Crippen MR) is 58.8 cm³/mol. The van der Waals surface area contributed by atoms with Crippen LogP contribution in [0.1, 0.15) is 11.1 Å². The van der Waals surface area contributed by atoms with Crippen LogP contribution in [-0.4, -0.2) is 5.88 Å². The van der Waals surface area contributed by atoms with Crippen LogP contribution >= 0.6 is 27.5 Å². The smallest absolute Gasteiger partial charge is 0.0407 e. The highest BCUT2D eigenvalue weighted by Crippen LogP contribution is 2.08. The lowest BCUT2D eigenvalue weighted by atomic mass is 10.1. The third-order valence-corrected chi connectivity index (χ3v) is 2.36. The Labute approximate surface area is 86.4 Å². The fourth-order valence-electron chi connectivity index (χ4n) is 0.898. The first-order valence-corrected chi connectivity index (χ1v) is 5.40. The van der Waals surface area contributed by atoms with Crippen LogP contribution in [0.25, 0.3) is 6.08 Å². The molecule has 12 heavy (non-hydrogen) atoms. The number of halogens is 2. The van der Waals surface area contributed by atoms with E-state index in [2.05, 4.69) is 40.2 Å². The Kier molecular flexibility index (Phi) is 4.41. The van der Waals surface area contributed by atoms with Crippen LogP contribution in [0.5, 0.6) is 0 Å². The fraction of sp³-hybridized carbons (Fsp3) is 0.200. The average molecular weight is 246 g/mol. The van der Waals surface area contributed by atoms with Gasteiger partial charge in [-0.05, 0) is 11.1 Å². The Morgan fingerprint density at radius 1 is 1.25 bits per heavy atom. The molecule has 0 fully saturated rings. The molecule has 0 spiro atoms. The van der Waals surface area contributed by atoms with Crippen molar-refractivity contribution in [2.45, 2.75) is 5.33 Å². The summed E-state index contributed by atoms with van der Waals surface area (Å²) in [7, 11) is 0. The second-order valence-corrected chi connectivity index (χ2v) is 3.30. The Bertz CT molecular complexity index is 251. The molecule has 64 valence electrons. The average Bonchev–Trinajstić information content (AvgIpc) is 2.15. The van der Waals surface area contributed by atoms with E-state index in [1.807, 2.05) is 12.2 Å². The number of benzene rings is 1. The van der Waals surface area contributed by atoms with Crippen LogP contribution in [0.4, 0.5) is 0 Å². The van der Waals surface area contributed by atoms with E-state index in [1.54, 1.807) is 0 Å². The summed E-state index contributed by atoms with van der Waals surface area (Å²) in [6.07, 6.45) is 3.95. The van der Waals surface area contributed by atoms with Gasteiger partial charge in [0.1, 0.15) is 0 Å². The van der Waals surface area contributed by atoms with Crippen molar-refractivity contribution < 1.29 is 0 Å². The Hall–Kier alpha value is -0.270. The van der Waals surface area contributed by atoms with Gasteiger partial charge in [-0.1, -0.05) is 52.3 Å². The van der Waals surface area contributed by atoms with Gasteiger partial charge in [0, 0.05) is 11.2 Å². The fourth-order valence-corrected chi connectivity index (χ4v) is 1.36. The zero-order chi connectivity index (χ0) is 8.81. The third-order valence-electron chi connectivity index (χ3n) is 1.53. The molecule has 0 N–H and O–H groups in total. The summed E-state index contributed by atoms with van der Waals surface area (Å²) >= 11 is 8.91. The highest BCUT2D eigenvalue weighted by molar-refractivity contribution is 9.08. The number of hydrogen-bond acceptors (Lipinski definition) is 0. The summed E-state index contributed by atoms with van der Waals surface area (Å²) < 4.78 is 0. The van der Waals surface area contributed by atoms with Crippen molar-refractivity contribution in [2.75, 3.05) is 5.88 Å². The van der Waals surface area contributed by atoms with E-state index in [-0.39, 0.29) is 0 Å². The van der Waals surface area contributed by atoms with Crippen molar-refractivity contribution in [3.63, 3.8) is 0 Å². The quantitative estimate of drug-likeness (QED) is 0.710. The molecule has 0 heterocycles. The van der Waals surface area contributed by atoms with Gasteiger partial charge in [0.25, 0.3) is 0 Å². The largest absolute Gasteiger partial charge is 0.122 e. The number of rotatable bonds is 3. The normalized spacial score (nSPS) is 10.8. The molecule has 0 aromatic heterocycles. The molecule has 1 aromatic rings. The van der Waals surface area contributed by atoms with Gasteiger partial charge in [-0.3, -0.25) is 0 Å². The molecular weight excluding hydrogens is 235 g/mol. The van der Waals surface area contributed by atoms with Crippen molar-refractivity contribution in [1.29, 1.82) is 0 Å². The minimum atomic E-state index is 0.570. The molecule has 2 heteroatoms. The van der Waals surface area contributed by atoms with Crippen molar-refractivity contribution in [2.24, 2.45) is 0 Å². The zero-order valence-corrected chi connectivity index (χ0v) is 8.98. The van der Waals surface area contributed by atoms with Gasteiger partial charge in [0.2, 0.25) is 0 Å². The predicted octanol–water partition coefficient (Wildman–Crippen LogP) is 3.83. The van der Waals surface area contributed by atoms with E-state index in [1.165, 1.54) is 11.1 Å². The summed E-state index contributed by atoms with van der Waals surface area (Å²) in [5, 5.41) is 0.909. The molecule has 0 aliphatic rings. The second-order valence-electron chi connectivity index (χ2n) is 2.43. The maximum absolute atomic E-state index is 5.52. The van der Waals surface area contributed by atoms with Gasteiger partial charge < -0.3 is 0 Å². The zero-order valence-electron chi connectivity index (χ0n) is 6.63. The molecule has 0 aliphatic heterocycles. The minimum Gasteiger partial charge on any atom is -0.122 e. The van der Waals surface area contributed by atoms with Crippen LogP contribution < -0.4 is 0 Å². The molecule has 0 aliphatic carbocycles. The summed E-state index contributed by atoms with van der Waals surface area (Å²) in [6.45, 7) is 0. The maximum atomic E-state index is 5.52.